The van der Waals surface area contributed by atoms with Crippen molar-refractivity contribution in [1.29, 1.82) is 0 Å². The average molecular weight is 280 g/mol. The molecule has 0 radical (unpaired) electrons. The Kier molecular flexibility index (Phi) is 6.48. The van der Waals surface area contributed by atoms with Gasteiger partial charge in [-0.3, -0.25) is 4.79 Å². The SMILES string of the molecule is COC(=O)[C@@H](N)Cc1ccc(O)cc1CCCN(C)C. The summed E-state index contributed by atoms with van der Waals surface area (Å²) in [6.45, 7) is 0.970. The second-order valence-corrected chi connectivity index (χ2v) is 5.19. The van der Waals surface area contributed by atoms with Gasteiger partial charge in [0.15, 0.2) is 0 Å². The van der Waals surface area contributed by atoms with Gasteiger partial charge in [0.1, 0.15) is 11.8 Å². The minimum absolute atomic E-state index is 0.236. The van der Waals surface area contributed by atoms with E-state index in [1.54, 1.807) is 12.1 Å². The number of hydrogen-bond acceptors (Lipinski definition) is 5. The predicted octanol–water partition coefficient (Wildman–Crippen LogP) is 0.929. The number of carbonyl (C=O) groups excluding carboxylic acids is 1. The quantitative estimate of drug-likeness (QED) is 0.727. The molecule has 20 heavy (non-hydrogen) atoms. The van der Waals surface area contributed by atoms with Crippen molar-refractivity contribution >= 4 is 5.97 Å². The average Bonchev–Trinajstić information content (AvgIpc) is 2.40. The highest BCUT2D eigenvalue weighted by atomic mass is 16.5. The van der Waals surface area contributed by atoms with Crippen molar-refractivity contribution in [3.05, 3.63) is 29.3 Å². The highest BCUT2D eigenvalue weighted by molar-refractivity contribution is 5.75. The summed E-state index contributed by atoms with van der Waals surface area (Å²) in [4.78, 5) is 13.5. The van der Waals surface area contributed by atoms with Crippen LogP contribution in [-0.2, 0) is 22.4 Å². The molecule has 1 rings (SSSR count). The Morgan fingerprint density at radius 3 is 2.70 bits per heavy atom. The number of methoxy groups -OCH3 is 1. The zero-order chi connectivity index (χ0) is 15.1. The van der Waals surface area contributed by atoms with E-state index < -0.39 is 12.0 Å². The maximum atomic E-state index is 11.4. The van der Waals surface area contributed by atoms with Crippen LogP contribution in [0, 0.1) is 0 Å². The molecule has 5 nitrogen and oxygen atoms in total. The molecule has 1 aromatic carbocycles. The minimum Gasteiger partial charge on any atom is -0.508 e. The molecule has 3 N–H and O–H groups in total. The van der Waals surface area contributed by atoms with E-state index in [1.807, 2.05) is 20.2 Å². The summed E-state index contributed by atoms with van der Waals surface area (Å²) in [5, 5.41) is 9.60. The van der Waals surface area contributed by atoms with Crippen LogP contribution in [0.15, 0.2) is 18.2 Å². The molecule has 0 bridgehead atoms. The molecule has 0 spiro atoms. The monoisotopic (exact) mass is 280 g/mol. The third kappa shape index (κ3) is 5.19. The first-order chi connectivity index (χ1) is 9.43. The minimum atomic E-state index is -0.669. The van der Waals surface area contributed by atoms with Crippen LogP contribution in [0.1, 0.15) is 17.5 Å². The highest BCUT2D eigenvalue weighted by Crippen LogP contribution is 2.19. The van der Waals surface area contributed by atoms with Crippen molar-refractivity contribution in [3.8, 4) is 5.75 Å². The van der Waals surface area contributed by atoms with Gasteiger partial charge in [-0.05, 0) is 63.2 Å². The van der Waals surface area contributed by atoms with Crippen LogP contribution in [0.5, 0.6) is 5.75 Å². The van der Waals surface area contributed by atoms with Crippen molar-refractivity contribution in [2.24, 2.45) is 5.73 Å². The molecule has 0 unspecified atom stereocenters. The Morgan fingerprint density at radius 2 is 2.10 bits per heavy atom. The number of nitrogens with zero attached hydrogens (tertiary/aromatic N) is 1. The van der Waals surface area contributed by atoms with E-state index in [-0.39, 0.29) is 5.75 Å². The molecule has 1 atom stereocenters. The lowest BCUT2D eigenvalue weighted by Gasteiger charge is -2.15. The third-order valence-corrected chi connectivity index (χ3v) is 3.19. The van der Waals surface area contributed by atoms with E-state index in [2.05, 4.69) is 9.64 Å². The fraction of sp³-hybridized carbons (Fsp3) is 0.533. The Balaban J connectivity index is 2.76. The molecule has 5 heteroatoms. The van der Waals surface area contributed by atoms with Crippen molar-refractivity contribution in [3.63, 3.8) is 0 Å². The number of aryl methyl sites for hydroxylation is 1. The summed E-state index contributed by atoms with van der Waals surface area (Å²) in [6, 6.07) is 4.52. The van der Waals surface area contributed by atoms with Gasteiger partial charge in [0.05, 0.1) is 7.11 Å². The van der Waals surface area contributed by atoms with Crippen molar-refractivity contribution < 1.29 is 14.6 Å². The summed E-state index contributed by atoms with van der Waals surface area (Å²) in [5.74, 6) is -0.183. The van der Waals surface area contributed by atoms with E-state index in [0.29, 0.717) is 6.42 Å². The van der Waals surface area contributed by atoms with Gasteiger partial charge in [-0.25, -0.2) is 0 Å². The summed E-state index contributed by atoms with van der Waals surface area (Å²) >= 11 is 0. The summed E-state index contributed by atoms with van der Waals surface area (Å²) in [7, 11) is 5.38. The van der Waals surface area contributed by atoms with Gasteiger partial charge in [-0.1, -0.05) is 6.07 Å². The van der Waals surface area contributed by atoms with E-state index in [9.17, 15) is 9.90 Å². The third-order valence-electron chi connectivity index (χ3n) is 3.19. The van der Waals surface area contributed by atoms with E-state index in [4.69, 9.17) is 5.73 Å². The number of nitrogens with two attached hydrogens (primary N) is 1. The first kappa shape index (κ1) is 16.5. The van der Waals surface area contributed by atoms with Gasteiger partial charge in [0.2, 0.25) is 0 Å². The van der Waals surface area contributed by atoms with Crippen molar-refractivity contribution in [2.45, 2.75) is 25.3 Å². The van der Waals surface area contributed by atoms with Gasteiger partial charge < -0.3 is 20.5 Å². The lowest BCUT2D eigenvalue weighted by atomic mass is 9.97. The zero-order valence-electron chi connectivity index (χ0n) is 12.4. The van der Waals surface area contributed by atoms with E-state index in [0.717, 1.165) is 30.5 Å². The van der Waals surface area contributed by atoms with Crippen LogP contribution in [0.3, 0.4) is 0 Å². The van der Waals surface area contributed by atoms with E-state index >= 15 is 0 Å². The number of carbonyl (C=O) groups is 1. The fourth-order valence-corrected chi connectivity index (χ4v) is 2.10. The van der Waals surface area contributed by atoms with Crippen LogP contribution in [0.4, 0.5) is 0 Å². The Bertz CT molecular complexity index is 447. The number of rotatable bonds is 7. The second-order valence-electron chi connectivity index (χ2n) is 5.19. The smallest absolute Gasteiger partial charge is 0.322 e. The summed E-state index contributed by atoms with van der Waals surface area (Å²) in [6.07, 6.45) is 2.25. The number of aromatic hydroxyl groups is 1. The van der Waals surface area contributed by atoms with Crippen molar-refractivity contribution in [1.82, 2.24) is 4.90 Å². The molecule has 0 amide bonds. The number of phenols is 1. The lowest BCUT2D eigenvalue weighted by Crippen LogP contribution is -2.34. The topological polar surface area (TPSA) is 75.8 Å². The molecule has 0 aliphatic heterocycles. The largest absolute Gasteiger partial charge is 0.508 e. The number of phenolic OH excluding ortho intramolecular Hbond substituents is 1. The molecule has 0 aliphatic carbocycles. The number of esters is 1. The summed E-state index contributed by atoms with van der Waals surface area (Å²) in [5.41, 5.74) is 7.82. The van der Waals surface area contributed by atoms with Gasteiger partial charge in [-0.15, -0.1) is 0 Å². The van der Waals surface area contributed by atoms with Crippen LogP contribution < -0.4 is 5.73 Å². The number of ether oxygens (including phenoxy) is 1. The molecule has 0 aromatic heterocycles. The van der Waals surface area contributed by atoms with Crippen LogP contribution >= 0.6 is 0 Å². The Morgan fingerprint density at radius 1 is 1.40 bits per heavy atom. The normalized spacial score (nSPS) is 12.4. The zero-order valence-corrected chi connectivity index (χ0v) is 12.4. The molecular weight excluding hydrogens is 256 g/mol. The van der Waals surface area contributed by atoms with Gasteiger partial charge >= 0.3 is 5.97 Å². The van der Waals surface area contributed by atoms with Crippen LogP contribution in [0.25, 0.3) is 0 Å². The van der Waals surface area contributed by atoms with Gasteiger partial charge in [0, 0.05) is 0 Å². The molecular formula is C15H24N2O3. The maximum absolute atomic E-state index is 11.4. The summed E-state index contributed by atoms with van der Waals surface area (Å²) < 4.78 is 4.64. The van der Waals surface area contributed by atoms with E-state index in [1.165, 1.54) is 7.11 Å². The van der Waals surface area contributed by atoms with Crippen LogP contribution in [-0.4, -0.2) is 49.8 Å². The number of benzene rings is 1. The van der Waals surface area contributed by atoms with Gasteiger partial charge in [0.25, 0.3) is 0 Å². The van der Waals surface area contributed by atoms with Gasteiger partial charge in [-0.2, -0.15) is 0 Å². The Hall–Kier alpha value is -1.59. The molecule has 0 saturated carbocycles. The van der Waals surface area contributed by atoms with Crippen molar-refractivity contribution in [2.75, 3.05) is 27.7 Å². The lowest BCUT2D eigenvalue weighted by molar-refractivity contribution is -0.142. The second kappa shape index (κ2) is 7.87. The molecule has 1 aromatic rings. The molecule has 0 fully saturated rings. The standard InChI is InChI=1S/C15H24N2O3/c1-17(2)8-4-5-11-9-13(18)7-6-12(11)10-14(16)15(19)20-3/h6-7,9,14,18H,4-5,8,10,16H2,1-3H3/t14-/m0/s1. The maximum Gasteiger partial charge on any atom is 0.322 e. The Labute approximate surface area is 120 Å². The fourth-order valence-electron chi connectivity index (χ4n) is 2.10. The molecule has 0 aliphatic rings. The van der Waals surface area contributed by atoms with Crippen LogP contribution in [0.2, 0.25) is 0 Å². The first-order valence-electron chi connectivity index (χ1n) is 6.73. The first-order valence-corrected chi connectivity index (χ1v) is 6.73. The molecule has 0 heterocycles. The number of hydrogen-bond donors (Lipinski definition) is 2. The highest BCUT2D eigenvalue weighted by Gasteiger charge is 2.16. The molecule has 0 saturated heterocycles. The predicted molar refractivity (Wildman–Crippen MR) is 78.7 cm³/mol. The molecule has 112 valence electrons.